The molecule has 13 heavy (non-hydrogen) atoms. The zero-order valence-electron chi connectivity index (χ0n) is 9.44. The highest BCUT2D eigenvalue weighted by molar-refractivity contribution is 4.64. The molecule has 0 aromatic heterocycles. The molecule has 0 saturated carbocycles. The lowest BCUT2D eigenvalue weighted by Gasteiger charge is -2.16. The highest BCUT2D eigenvalue weighted by Crippen LogP contribution is 2.06. The van der Waals surface area contributed by atoms with Crippen molar-refractivity contribution in [3.8, 4) is 0 Å². The molecule has 0 aromatic rings. The Balaban J connectivity index is 3.33. The van der Waals surface area contributed by atoms with Gasteiger partial charge in [-0.25, -0.2) is 0 Å². The van der Waals surface area contributed by atoms with Gasteiger partial charge in [0.25, 0.3) is 0 Å². The Labute approximate surface area is 83.1 Å². The van der Waals surface area contributed by atoms with Gasteiger partial charge in [0.1, 0.15) is 0 Å². The van der Waals surface area contributed by atoms with Gasteiger partial charge in [0.2, 0.25) is 0 Å². The van der Waals surface area contributed by atoms with E-state index >= 15 is 0 Å². The molecule has 0 saturated heterocycles. The SMILES string of the molecule is CCCC(CCCCOC)NCC. The van der Waals surface area contributed by atoms with Gasteiger partial charge in [-0.1, -0.05) is 20.3 Å². The van der Waals surface area contributed by atoms with Crippen molar-refractivity contribution in [1.82, 2.24) is 5.32 Å². The van der Waals surface area contributed by atoms with Crippen LogP contribution in [0.3, 0.4) is 0 Å². The fourth-order valence-electron chi connectivity index (χ4n) is 1.62. The van der Waals surface area contributed by atoms with Crippen molar-refractivity contribution >= 4 is 0 Å². The summed E-state index contributed by atoms with van der Waals surface area (Å²) >= 11 is 0. The molecule has 1 N–H and O–H groups in total. The lowest BCUT2D eigenvalue weighted by atomic mass is 10.1. The van der Waals surface area contributed by atoms with Gasteiger partial charge in [-0.2, -0.15) is 0 Å². The van der Waals surface area contributed by atoms with Crippen LogP contribution < -0.4 is 5.32 Å². The summed E-state index contributed by atoms with van der Waals surface area (Å²) in [6.07, 6.45) is 6.36. The van der Waals surface area contributed by atoms with Crippen LogP contribution in [0.4, 0.5) is 0 Å². The number of methoxy groups -OCH3 is 1. The standard InChI is InChI=1S/C11H25NO/c1-4-8-11(12-5-2)9-6-7-10-13-3/h11-12H,4-10H2,1-3H3. The van der Waals surface area contributed by atoms with Crippen LogP contribution in [-0.2, 0) is 4.74 Å². The summed E-state index contributed by atoms with van der Waals surface area (Å²) in [7, 11) is 1.77. The molecule has 0 fully saturated rings. The predicted molar refractivity (Wildman–Crippen MR) is 58.1 cm³/mol. The summed E-state index contributed by atoms with van der Waals surface area (Å²) in [5.74, 6) is 0. The first-order chi connectivity index (χ1) is 6.35. The molecule has 1 atom stereocenters. The Morgan fingerprint density at radius 3 is 2.46 bits per heavy atom. The monoisotopic (exact) mass is 187 g/mol. The van der Waals surface area contributed by atoms with Crippen molar-refractivity contribution in [1.29, 1.82) is 0 Å². The number of rotatable bonds is 9. The molecule has 0 bridgehead atoms. The lowest BCUT2D eigenvalue weighted by molar-refractivity contribution is 0.190. The van der Waals surface area contributed by atoms with Crippen molar-refractivity contribution in [3.05, 3.63) is 0 Å². The molecule has 0 rings (SSSR count). The first-order valence-electron chi connectivity index (χ1n) is 5.57. The minimum absolute atomic E-state index is 0.729. The molecule has 0 aliphatic rings. The average Bonchev–Trinajstić information content (AvgIpc) is 2.13. The summed E-state index contributed by atoms with van der Waals surface area (Å²) in [5.41, 5.74) is 0. The van der Waals surface area contributed by atoms with E-state index in [0.29, 0.717) is 0 Å². The van der Waals surface area contributed by atoms with Gasteiger partial charge in [-0.15, -0.1) is 0 Å². The van der Waals surface area contributed by atoms with Gasteiger partial charge in [-0.05, 0) is 32.2 Å². The van der Waals surface area contributed by atoms with E-state index in [1.807, 2.05) is 0 Å². The largest absolute Gasteiger partial charge is 0.385 e. The minimum atomic E-state index is 0.729. The number of hydrogen-bond acceptors (Lipinski definition) is 2. The van der Waals surface area contributed by atoms with Gasteiger partial charge in [-0.3, -0.25) is 0 Å². The third-order valence-corrected chi connectivity index (χ3v) is 2.28. The van der Waals surface area contributed by atoms with Gasteiger partial charge in [0.05, 0.1) is 0 Å². The molecule has 0 heterocycles. The van der Waals surface area contributed by atoms with E-state index in [-0.39, 0.29) is 0 Å². The normalized spacial score (nSPS) is 13.2. The van der Waals surface area contributed by atoms with Crippen LogP contribution in [0.25, 0.3) is 0 Å². The predicted octanol–water partition coefficient (Wildman–Crippen LogP) is 2.58. The molecule has 0 aliphatic carbocycles. The Kier molecular flexibility index (Phi) is 9.94. The summed E-state index contributed by atoms with van der Waals surface area (Å²) in [6.45, 7) is 6.43. The maximum Gasteiger partial charge on any atom is 0.0462 e. The van der Waals surface area contributed by atoms with E-state index in [2.05, 4.69) is 19.2 Å². The Bertz CT molecular complexity index is 90.1. The Morgan fingerprint density at radius 1 is 1.15 bits per heavy atom. The number of ether oxygens (including phenoxy) is 1. The maximum atomic E-state index is 5.02. The smallest absolute Gasteiger partial charge is 0.0462 e. The third-order valence-electron chi connectivity index (χ3n) is 2.28. The molecule has 0 radical (unpaired) electrons. The lowest BCUT2D eigenvalue weighted by Crippen LogP contribution is -2.28. The Hall–Kier alpha value is -0.0800. The van der Waals surface area contributed by atoms with Crippen LogP contribution in [0.5, 0.6) is 0 Å². The second kappa shape index (κ2) is 10.0. The summed E-state index contributed by atoms with van der Waals surface area (Å²) in [4.78, 5) is 0. The highest BCUT2D eigenvalue weighted by atomic mass is 16.5. The van der Waals surface area contributed by atoms with Crippen molar-refractivity contribution in [2.45, 2.75) is 52.0 Å². The van der Waals surface area contributed by atoms with Gasteiger partial charge in [0, 0.05) is 19.8 Å². The minimum Gasteiger partial charge on any atom is -0.385 e. The molecule has 2 nitrogen and oxygen atoms in total. The van der Waals surface area contributed by atoms with Gasteiger partial charge in [0.15, 0.2) is 0 Å². The van der Waals surface area contributed by atoms with Crippen LogP contribution in [0.1, 0.15) is 46.0 Å². The van der Waals surface area contributed by atoms with Crippen LogP contribution in [0, 0.1) is 0 Å². The van der Waals surface area contributed by atoms with Crippen LogP contribution >= 0.6 is 0 Å². The topological polar surface area (TPSA) is 21.3 Å². The zero-order chi connectivity index (χ0) is 9.94. The summed E-state index contributed by atoms with van der Waals surface area (Å²) < 4.78 is 5.02. The fraction of sp³-hybridized carbons (Fsp3) is 1.00. The Morgan fingerprint density at radius 2 is 1.92 bits per heavy atom. The number of hydrogen-bond donors (Lipinski definition) is 1. The van der Waals surface area contributed by atoms with Crippen LogP contribution in [0.15, 0.2) is 0 Å². The molecule has 0 aromatic carbocycles. The van der Waals surface area contributed by atoms with Crippen molar-refractivity contribution in [3.63, 3.8) is 0 Å². The third kappa shape index (κ3) is 8.26. The van der Waals surface area contributed by atoms with E-state index in [1.54, 1.807) is 7.11 Å². The van der Waals surface area contributed by atoms with Crippen LogP contribution in [0.2, 0.25) is 0 Å². The second-order valence-electron chi connectivity index (χ2n) is 3.53. The first-order valence-corrected chi connectivity index (χ1v) is 5.57. The van der Waals surface area contributed by atoms with Gasteiger partial charge >= 0.3 is 0 Å². The quantitative estimate of drug-likeness (QED) is 0.560. The maximum absolute atomic E-state index is 5.02. The zero-order valence-corrected chi connectivity index (χ0v) is 9.44. The molecule has 0 spiro atoms. The van der Waals surface area contributed by atoms with Crippen molar-refractivity contribution in [2.24, 2.45) is 0 Å². The van der Waals surface area contributed by atoms with Gasteiger partial charge < -0.3 is 10.1 Å². The molecule has 2 heteroatoms. The van der Waals surface area contributed by atoms with Crippen molar-refractivity contribution in [2.75, 3.05) is 20.3 Å². The van der Waals surface area contributed by atoms with E-state index in [0.717, 1.165) is 19.2 Å². The molecule has 0 aliphatic heterocycles. The average molecular weight is 187 g/mol. The van der Waals surface area contributed by atoms with E-state index in [1.165, 1.54) is 32.1 Å². The molecule has 80 valence electrons. The highest BCUT2D eigenvalue weighted by Gasteiger charge is 2.04. The van der Waals surface area contributed by atoms with Crippen LogP contribution in [-0.4, -0.2) is 26.3 Å². The molecular formula is C11H25NO. The number of unbranched alkanes of at least 4 members (excludes halogenated alkanes) is 1. The summed E-state index contributed by atoms with van der Waals surface area (Å²) in [5, 5.41) is 3.52. The second-order valence-corrected chi connectivity index (χ2v) is 3.53. The fourth-order valence-corrected chi connectivity index (χ4v) is 1.62. The molecule has 0 amide bonds. The first kappa shape index (κ1) is 12.9. The van der Waals surface area contributed by atoms with E-state index < -0.39 is 0 Å². The van der Waals surface area contributed by atoms with E-state index in [9.17, 15) is 0 Å². The molecular weight excluding hydrogens is 162 g/mol. The summed E-state index contributed by atoms with van der Waals surface area (Å²) in [6, 6.07) is 0.729. The van der Waals surface area contributed by atoms with E-state index in [4.69, 9.17) is 4.74 Å². The van der Waals surface area contributed by atoms with Crippen molar-refractivity contribution < 1.29 is 4.74 Å². The number of nitrogens with one attached hydrogen (secondary N) is 1. The molecule has 1 unspecified atom stereocenters.